The van der Waals surface area contributed by atoms with E-state index < -0.39 is 10.0 Å². The first-order valence-electron chi connectivity index (χ1n) is 9.01. The average molecular weight is 378 g/mol. The second-order valence-electron chi connectivity index (χ2n) is 6.97. The first-order valence-corrected chi connectivity index (χ1v) is 10.9. The summed E-state index contributed by atoms with van der Waals surface area (Å²) in [5.41, 5.74) is 2.77. The first kappa shape index (κ1) is 18.8. The summed E-state index contributed by atoms with van der Waals surface area (Å²) >= 11 is 0. The van der Waals surface area contributed by atoms with Gasteiger partial charge in [0.05, 0.1) is 18.4 Å². The molecule has 1 unspecified atom stereocenters. The van der Waals surface area contributed by atoms with Crippen LogP contribution in [0.3, 0.4) is 0 Å². The summed E-state index contributed by atoms with van der Waals surface area (Å²) in [7, 11) is -3.19. The molecular weight excluding hydrogens is 352 g/mol. The fourth-order valence-corrected chi connectivity index (χ4v) is 4.85. The molecule has 0 spiro atoms. The number of sulfonamides is 1. The van der Waals surface area contributed by atoms with Crippen molar-refractivity contribution in [2.24, 2.45) is 0 Å². The maximum Gasteiger partial charge on any atom is 0.226 e. The molecule has 7 nitrogen and oxygen atoms in total. The molecule has 1 aliphatic rings. The lowest BCUT2D eigenvalue weighted by Gasteiger charge is -2.33. The summed E-state index contributed by atoms with van der Waals surface area (Å²) in [5.74, 6) is -0.0741. The highest BCUT2D eigenvalue weighted by atomic mass is 32.2. The Labute approximate surface area is 154 Å². The van der Waals surface area contributed by atoms with Crippen LogP contribution in [0.5, 0.6) is 0 Å². The minimum Gasteiger partial charge on any atom is -0.356 e. The number of carbonyl (C=O) groups is 1. The van der Waals surface area contributed by atoms with E-state index in [1.807, 2.05) is 29.7 Å². The van der Waals surface area contributed by atoms with E-state index in [9.17, 15) is 13.2 Å². The molecule has 0 aliphatic carbocycles. The number of hydrogen-bond acceptors (Lipinski definition) is 4. The Morgan fingerprint density at radius 3 is 2.96 bits per heavy atom. The number of amides is 1. The van der Waals surface area contributed by atoms with Crippen LogP contribution in [0.25, 0.3) is 5.65 Å². The molecule has 8 heteroatoms. The van der Waals surface area contributed by atoms with Crippen molar-refractivity contribution in [3.05, 3.63) is 35.8 Å². The van der Waals surface area contributed by atoms with Crippen molar-refractivity contribution in [3.8, 4) is 0 Å². The Morgan fingerprint density at radius 2 is 2.19 bits per heavy atom. The zero-order valence-corrected chi connectivity index (χ0v) is 16.1. The minimum atomic E-state index is -3.19. The van der Waals surface area contributed by atoms with E-state index in [2.05, 4.69) is 10.3 Å². The Bertz CT molecular complexity index is 891. The van der Waals surface area contributed by atoms with Crippen LogP contribution in [0, 0.1) is 6.92 Å². The molecule has 0 aromatic carbocycles. The van der Waals surface area contributed by atoms with Crippen molar-refractivity contribution in [1.82, 2.24) is 19.0 Å². The third kappa shape index (κ3) is 4.24. The van der Waals surface area contributed by atoms with Gasteiger partial charge in [0, 0.05) is 31.5 Å². The SMILES string of the molecule is Cc1cccn2c(CC(=O)NCCC3CCCCN3S(C)(=O)=O)cnc12. The fourth-order valence-electron chi connectivity index (χ4n) is 3.64. The van der Waals surface area contributed by atoms with E-state index in [1.165, 1.54) is 6.26 Å². The van der Waals surface area contributed by atoms with Gasteiger partial charge in [-0.25, -0.2) is 13.4 Å². The number of aryl methyl sites for hydroxylation is 1. The van der Waals surface area contributed by atoms with Crippen LogP contribution in [0.4, 0.5) is 0 Å². The highest BCUT2D eigenvalue weighted by Crippen LogP contribution is 2.21. The van der Waals surface area contributed by atoms with Crippen molar-refractivity contribution in [1.29, 1.82) is 0 Å². The molecule has 0 saturated carbocycles. The number of carbonyl (C=O) groups excluding carboxylic acids is 1. The van der Waals surface area contributed by atoms with E-state index in [1.54, 1.807) is 10.5 Å². The lowest BCUT2D eigenvalue weighted by Crippen LogP contribution is -2.44. The molecule has 3 rings (SSSR count). The fraction of sp³-hybridized carbons (Fsp3) is 0.556. The van der Waals surface area contributed by atoms with Crippen LogP contribution in [-0.2, 0) is 21.2 Å². The van der Waals surface area contributed by atoms with Gasteiger partial charge in [-0.1, -0.05) is 12.5 Å². The summed E-state index contributed by atoms with van der Waals surface area (Å²) < 4.78 is 27.3. The zero-order valence-electron chi connectivity index (χ0n) is 15.3. The highest BCUT2D eigenvalue weighted by Gasteiger charge is 2.28. The van der Waals surface area contributed by atoms with E-state index in [4.69, 9.17) is 0 Å². The maximum absolute atomic E-state index is 12.3. The van der Waals surface area contributed by atoms with Gasteiger partial charge in [-0.05, 0) is 37.8 Å². The zero-order chi connectivity index (χ0) is 18.7. The monoisotopic (exact) mass is 378 g/mol. The highest BCUT2D eigenvalue weighted by molar-refractivity contribution is 7.88. The van der Waals surface area contributed by atoms with Gasteiger partial charge in [0.2, 0.25) is 15.9 Å². The molecule has 26 heavy (non-hydrogen) atoms. The molecule has 3 heterocycles. The van der Waals surface area contributed by atoms with E-state index in [0.29, 0.717) is 19.5 Å². The lowest BCUT2D eigenvalue weighted by atomic mass is 10.0. The van der Waals surface area contributed by atoms with Crippen molar-refractivity contribution < 1.29 is 13.2 Å². The van der Waals surface area contributed by atoms with Crippen LogP contribution >= 0.6 is 0 Å². The molecule has 0 radical (unpaired) electrons. The average Bonchev–Trinajstić information content (AvgIpc) is 2.99. The molecule has 1 N–H and O–H groups in total. The summed E-state index contributed by atoms with van der Waals surface area (Å²) in [6.45, 7) is 3.05. The van der Waals surface area contributed by atoms with E-state index in [-0.39, 0.29) is 18.4 Å². The number of pyridine rings is 1. The predicted molar refractivity (Wildman–Crippen MR) is 100 cm³/mol. The van der Waals surface area contributed by atoms with Crippen LogP contribution in [0.2, 0.25) is 0 Å². The van der Waals surface area contributed by atoms with Crippen molar-refractivity contribution in [3.63, 3.8) is 0 Å². The Hall–Kier alpha value is -1.93. The molecule has 2 aromatic heterocycles. The van der Waals surface area contributed by atoms with Crippen molar-refractivity contribution in [2.45, 2.75) is 45.1 Å². The number of nitrogens with zero attached hydrogens (tertiary/aromatic N) is 3. The number of imidazole rings is 1. The predicted octanol–water partition coefficient (Wildman–Crippen LogP) is 1.51. The number of fused-ring (bicyclic) bond motifs is 1. The Balaban J connectivity index is 1.55. The number of aromatic nitrogens is 2. The lowest BCUT2D eigenvalue weighted by molar-refractivity contribution is -0.120. The third-order valence-electron chi connectivity index (χ3n) is 4.95. The van der Waals surface area contributed by atoms with Gasteiger partial charge in [-0.15, -0.1) is 0 Å². The summed E-state index contributed by atoms with van der Waals surface area (Å²) in [6.07, 6.45) is 8.59. The van der Waals surface area contributed by atoms with Crippen molar-refractivity contribution in [2.75, 3.05) is 19.3 Å². The number of nitrogens with one attached hydrogen (secondary N) is 1. The molecule has 142 valence electrons. The molecule has 1 fully saturated rings. The Morgan fingerprint density at radius 1 is 1.38 bits per heavy atom. The number of rotatable bonds is 6. The van der Waals surface area contributed by atoms with Crippen LogP contribution in [0.1, 0.15) is 36.9 Å². The van der Waals surface area contributed by atoms with Crippen LogP contribution in [-0.4, -0.2) is 53.4 Å². The van der Waals surface area contributed by atoms with Gasteiger partial charge in [0.25, 0.3) is 0 Å². The Kier molecular flexibility index (Phi) is 5.62. The molecule has 0 bridgehead atoms. The second kappa shape index (κ2) is 7.75. The normalized spacial score (nSPS) is 18.9. The quantitative estimate of drug-likeness (QED) is 0.826. The largest absolute Gasteiger partial charge is 0.356 e. The van der Waals surface area contributed by atoms with Gasteiger partial charge < -0.3 is 9.72 Å². The molecule has 1 amide bonds. The van der Waals surface area contributed by atoms with Gasteiger partial charge in [-0.3, -0.25) is 4.79 Å². The molecule has 1 atom stereocenters. The standard InChI is InChI=1S/C18H26N4O3S/c1-14-6-5-10-21-16(13-20-18(14)21)12-17(23)19-9-8-15-7-3-4-11-22(15)26(2,24)25/h5-6,10,13,15H,3-4,7-9,11-12H2,1-2H3,(H,19,23). The smallest absolute Gasteiger partial charge is 0.226 e. The van der Waals surface area contributed by atoms with Crippen LogP contribution in [0.15, 0.2) is 24.5 Å². The molecular formula is C18H26N4O3S. The molecule has 1 aliphatic heterocycles. The van der Waals surface area contributed by atoms with E-state index in [0.717, 1.165) is 36.2 Å². The minimum absolute atomic E-state index is 0.0162. The maximum atomic E-state index is 12.3. The van der Waals surface area contributed by atoms with Gasteiger partial charge in [0.15, 0.2) is 0 Å². The summed E-state index contributed by atoms with van der Waals surface area (Å²) in [6, 6.07) is 3.91. The third-order valence-corrected chi connectivity index (χ3v) is 6.28. The van der Waals surface area contributed by atoms with E-state index >= 15 is 0 Å². The summed E-state index contributed by atoms with van der Waals surface area (Å²) in [4.78, 5) is 16.6. The van der Waals surface area contributed by atoms with Crippen molar-refractivity contribution >= 4 is 21.6 Å². The molecule has 2 aromatic rings. The van der Waals surface area contributed by atoms with Gasteiger partial charge >= 0.3 is 0 Å². The van der Waals surface area contributed by atoms with Gasteiger partial charge in [-0.2, -0.15) is 4.31 Å². The first-order chi connectivity index (χ1) is 12.4. The number of hydrogen-bond donors (Lipinski definition) is 1. The summed E-state index contributed by atoms with van der Waals surface area (Å²) in [5, 5.41) is 2.92. The van der Waals surface area contributed by atoms with Gasteiger partial charge in [0.1, 0.15) is 5.65 Å². The second-order valence-corrected chi connectivity index (χ2v) is 8.91. The number of piperidine rings is 1. The topological polar surface area (TPSA) is 83.8 Å². The molecule has 1 saturated heterocycles. The van der Waals surface area contributed by atoms with Crippen LogP contribution < -0.4 is 5.32 Å².